The van der Waals surface area contributed by atoms with Crippen molar-refractivity contribution in [3.05, 3.63) is 53.6 Å². The van der Waals surface area contributed by atoms with Gasteiger partial charge in [0.25, 0.3) is 0 Å². The van der Waals surface area contributed by atoms with Gasteiger partial charge in [-0.3, -0.25) is 4.79 Å². The molecule has 0 unspecified atom stereocenters. The van der Waals surface area contributed by atoms with E-state index in [9.17, 15) is 4.79 Å². The molecule has 4 heteroatoms. The predicted molar refractivity (Wildman–Crippen MR) is 99.9 cm³/mol. The summed E-state index contributed by atoms with van der Waals surface area (Å²) in [6.07, 6.45) is 0.579. The van der Waals surface area contributed by atoms with Gasteiger partial charge >= 0.3 is 0 Å². The molecule has 0 bridgehead atoms. The van der Waals surface area contributed by atoms with E-state index in [2.05, 4.69) is 10.6 Å². The molecule has 0 aromatic heterocycles. The number of anilines is 2. The molecule has 0 aliphatic heterocycles. The minimum absolute atomic E-state index is 0.0101. The number of ether oxygens (including phenoxy) is 1. The third-order valence-corrected chi connectivity index (χ3v) is 3.79. The van der Waals surface area contributed by atoms with Gasteiger partial charge in [0.05, 0.1) is 6.10 Å². The number of carbonyl (C=O) groups is 1. The number of carbonyl (C=O) groups excluding carboxylic acids is 1. The Morgan fingerprint density at radius 2 is 1.79 bits per heavy atom. The Morgan fingerprint density at radius 3 is 2.46 bits per heavy atom. The van der Waals surface area contributed by atoms with E-state index in [0.29, 0.717) is 13.0 Å². The molecule has 2 aromatic rings. The predicted octanol–water partition coefficient (Wildman–Crippen LogP) is 4.53. The fourth-order valence-corrected chi connectivity index (χ4v) is 2.34. The van der Waals surface area contributed by atoms with E-state index < -0.39 is 0 Å². The van der Waals surface area contributed by atoms with Gasteiger partial charge < -0.3 is 15.4 Å². The molecular weight excluding hydrogens is 300 g/mol. The standard InChI is InChI=1S/C20H26N2O2/c1-14(2)24-18-10-8-17(9-11-18)21-13-12-20(23)22-19-7-5-6-15(3)16(19)4/h5-11,14,21H,12-13H2,1-4H3,(H,22,23). The highest BCUT2D eigenvalue weighted by atomic mass is 16.5. The summed E-state index contributed by atoms with van der Waals surface area (Å²) < 4.78 is 5.61. The molecule has 0 fully saturated rings. The van der Waals surface area contributed by atoms with E-state index in [4.69, 9.17) is 4.74 Å². The lowest BCUT2D eigenvalue weighted by molar-refractivity contribution is -0.115. The van der Waals surface area contributed by atoms with Crippen LogP contribution in [0.5, 0.6) is 5.75 Å². The Hall–Kier alpha value is -2.49. The van der Waals surface area contributed by atoms with Crippen molar-refractivity contribution in [2.45, 2.75) is 40.2 Å². The first-order valence-corrected chi connectivity index (χ1v) is 8.32. The van der Waals surface area contributed by atoms with Crippen LogP contribution in [0.2, 0.25) is 0 Å². The highest BCUT2D eigenvalue weighted by molar-refractivity contribution is 5.91. The van der Waals surface area contributed by atoms with Crippen LogP contribution in [0.1, 0.15) is 31.4 Å². The second kappa shape index (κ2) is 8.39. The minimum atomic E-state index is 0.0101. The summed E-state index contributed by atoms with van der Waals surface area (Å²) in [5.41, 5.74) is 4.15. The molecule has 0 atom stereocenters. The number of hydrogen-bond acceptors (Lipinski definition) is 3. The Bertz CT molecular complexity index is 679. The molecular formula is C20H26N2O2. The van der Waals surface area contributed by atoms with Crippen molar-refractivity contribution in [2.75, 3.05) is 17.2 Å². The highest BCUT2D eigenvalue weighted by Gasteiger charge is 2.06. The van der Waals surface area contributed by atoms with Gasteiger partial charge in [0.2, 0.25) is 5.91 Å². The van der Waals surface area contributed by atoms with Crippen LogP contribution >= 0.6 is 0 Å². The molecule has 0 aliphatic rings. The molecule has 2 rings (SSSR count). The van der Waals surface area contributed by atoms with Crippen LogP contribution in [0.15, 0.2) is 42.5 Å². The summed E-state index contributed by atoms with van der Waals surface area (Å²) in [6, 6.07) is 13.7. The molecule has 0 saturated carbocycles. The van der Waals surface area contributed by atoms with E-state index in [-0.39, 0.29) is 12.0 Å². The lowest BCUT2D eigenvalue weighted by Gasteiger charge is -2.12. The zero-order valence-corrected chi connectivity index (χ0v) is 14.8. The number of aryl methyl sites for hydroxylation is 1. The number of rotatable bonds is 7. The van der Waals surface area contributed by atoms with Crippen molar-refractivity contribution in [1.29, 1.82) is 0 Å². The number of amides is 1. The first-order chi connectivity index (χ1) is 11.5. The maximum atomic E-state index is 12.1. The monoisotopic (exact) mass is 326 g/mol. The maximum Gasteiger partial charge on any atom is 0.226 e. The molecule has 128 valence electrons. The molecule has 0 saturated heterocycles. The molecule has 24 heavy (non-hydrogen) atoms. The van der Waals surface area contributed by atoms with Crippen molar-refractivity contribution in [1.82, 2.24) is 0 Å². The largest absolute Gasteiger partial charge is 0.491 e. The van der Waals surface area contributed by atoms with Crippen LogP contribution in [-0.4, -0.2) is 18.6 Å². The summed E-state index contributed by atoms with van der Waals surface area (Å²) in [7, 11) is 0. The SMILES string of the molecule is Cc1cccc(NC(=O)CCNc2ccc(OC(C)C)cc2)c1C. The van der Waals surface area contributed by atoms with Gasteiger partial charge in [0.15, 0.2) is 0 Å². The molecule has 0 spiro atoms. The van der Waals surface area contributed by atoms with Gasteiger partial charge in [-0.05, 0) is 69.2 Å². The second-order valence-electron chi connectivity index (χ2n) is 6.16. The quantitative estimate of drug-likeness (QED) is 0.786. The Morgan fingerprint density at radius 1 is 1.08 bits per heavy atom. The van der Waals surface area contributed by atoms with Gasteiger partial charge in [0, 0.05) is 24.3 Å². The zero-order chi connectivity index (χ0) is 17.5. The number of benzene rings is 2. The van der Waals surface area contributed by atoms with Crippen molar-refractivity contribution in [2.24, 2.45) is 0 Å². The van der Waals surface area contributed by atoms with Crippen LogP contribution in [0.25, 0.3) is 0 Å². The van der Waals surface area contributed by atoms with Crippen molar-refractivity contribution < 1.29 is 9.53 Å². The van der Waals surface area contributed by atoms with Crippen molar-refractivity contribution in [3.8, 4) is 5.75 Å². The van der Waals surface area contributed by atoms with Crippen molar-refractivity contribution in [3.63, 3.8) is 0 Å². The molecule has 1 amide bonds. The first kappa shape index (κ1) is 17.9. The second-order valence-corrected chi connectivity index (χ2v) is 6.16. The van der Waals surface area contributed by atoms with Gasteiger partial charge in [-0.15, -0.1) is 0 Å². The first-order valence-electron chi connectivity index (χ1n) is 8.32. The summed E-state index contributed by atoms with van der Waals surface area (Å²) >= 11 is 0. The molecule has 0 aliphatic carbocycles. The summed E-state index contributed by atoms with van der Waals surface area (Å²) in [5, 5.41) is 6.22. The average Bonchev–Trinajstić information content (AvgIpc) is 2.53. The highest BCUT2D eigenvalue weighted by Crippen LogP contribution is 2.19. The Kier molecular flexibility index (Phi) is 6.24. The molecule has 2 aromatic carbocycles. The normalized spacial score (nSPS) is 10.5. The van der Waals surface area contributed by atoms with Crippen molar-refractivity contribution >= 4 is 17.3 Å². The van der Waals surface area contributed by atoms with Crippen LogP contribution in [0, 0.1) is 13.8 Å². The smallest absolute Gasteiger partial charge is 0.226 e. The van der Waals surface area contributed by atoms with Crippen LogP contribution in [-0.2, 0) is 4.79 Å². The molecule has 4 nitrogen and oxygen atoms in total. The fourth-order valence-electron chi connectivity index (χ4n) is 2.34. The van der Waals surface area contributed by atoms with Gasteiger partial charge in [-0.2, -0.15) is 0 Å². The van der Waals surface area contributed by atoms with Crippen LogP contribution < -0.4 is 15.4 Å². The van der Waals surface area contributed by atoms with Gasteiger partial charge in [-0.25, -0.2) is 0 Å². The summed E-state index contributed by atoms with van der Waals surface area (Å²) in [6.45, 7) is 8.64. The average molecular weight is 326 g/mol. The van der Waals surface area contributed by atoms with E-state index >= 15 is 0 Å². The Labute approximate surface area is 144 Å². The molecule has 0 heterocycles. The maximum absolute atomic E-state index is 12.1. The lowest BCUT2D eigenvalue weighted by atomic mass is 10.1. The van der Waals surface area contributed by atoms with Crippen LogP contribution in [0.4, 0.5) is 11.4 Å². The molecule has 2 N–H and O–H groups in total. The van der Waals surface area contributed by atoms with E-state index in [1.54, 1.807) is 0 Å². The number of hydrogen-bond donors (Lipinski definition) is 2. The number of nitrogens with one attached hydrogen (secondary N) is 2. The topological polar surface area (TPSA) is 50.4 Å². The zero-order valence-electron chi connectivity index (χ0n) is 14.8. The minimum Gasteiger partial charge on any atom is -0.491 e. The van der Waals surface area contributed by atoms with E-state index in [1.807, 2.05) is 70.2 Å². The summed E-state index contributed by atoms with van der Waals surface area (Å²) in [5.74, 6) is 0.860. The molecule has 0 radical (unpaired) electrons. The lowest BCUT2D eigenvalue weighted by Crippen LogP contribution is -2.17. The summed E-state index contributed by atoms with van der Waals surface area (Å²) in [4.78, 5) is 12.1. The third-order valence-electron chi connectivity index (χ3n) is 3.79. The van der Waals surface area contributed by atoms with E-state index in [0.717, 1.165) is 22.7 Å². The Balaban J connectivity index is 1.79. The van der Waals surface area contributed by atoms with Crippen LogP contribution in [0.3, 0.4) is 0 Å². The van der Waals surface area contributed by atoms with Gasteiger partial charge in [-0.1, -0.05) is 12.1 Å². The third kappa shape index (κ3) is 5.30. The van der Waals surface area contributed by atoms with Gasteiger partial charge in [0.1, 0.15) is 5.75 Å². The van der Waals surface area contributed by atoms with E-state index in [1.165, 1.54) is 5.56 Å². The fraction of sp³-hybridized carbons (Fsp3) is 0.350.